The largest absolute Gasteiger partial charge is 0.360 e. The summed E-state index contributed by atoms with van der Waals surface area (Å²) in [5, 5.41) is 4.88. The molecule has 2 aromatic carbocycles. The molecule has 4 N–H and O–H groups in total. The standard InChI is InChI=1S/C21H20N4O/c22-10-5-11-23-21(26)16-12-20(25-19-9-4-2-6-14(16)19)17-13-24-18-8-3-1-7-15(17)18/h1-4,6-9,12-13,24H,5,10-11,22H2,(H,23,26). The van der Waals surface area contributed by atoms with Crippen LogP contribution in [0.3, 0.4) is 0 Å². The number of rotatable bonds is 5. The maximum absolute atomic E-state index is 12.7. The number of amides is 1. The average molecular weight is 344 g/mol. The fourth-order valence-electron chi connectivity index (χ4n) is 3.18. The quantitative estimate of drug-likeness (QED) is 0.485. The van der Waals surface area contributed by atoms with Crippen LogP contribution in [0.4, 0.5) is 0 Å². The van der Waals surface area contributed by atoms with Crippen molar-refractivity contribution in [2.24, 2.45) is 5.73 Å². The van der Waals surface area contributed by atoms with Crippen molar-refractivity contribution in [3.8, 4) is 11.3 Å². The molecule has 0 atom stereocenters. The lowest BCUT2D eigenvalue weighted by molar-refractivity contribution is 0.0955. The second-order valence-electron chi connectivity index (χ2n) is 6.22. The number of nitrogens with one attached hydrogen (secondary N) is 2. The van der Waals surface area contributed by atoms with Crippen molar-refractivity contribution in [3.05, 3.63) is 66.4 Å². The normalized spacial score (nSPS) is 11.1. The van der Waals surface area contributed by atoms with E-state index < -0.39 is 0 Å². The Morgan fingerprint density at radius 1 is 1.08 bits per heavy atom. The first-order valence-electron chi connectivity index (χ1n) is 8.72. The molecule has 0 aliphatic heterocycles. The van der Waals surface area contributed by atoms with Gasteiger partial charge in [-0.1, -0.05) is 36.4 Å². The van der Waals surface area contributed by atoms with Gasteiger partial charge in [0.25, 0.3) is 5.91 Å². The van der Waals surface area contributed by atoms with Crippen molar-refractivity contribution in [2.45, 2.75) is 6.42 Å². The Morgan fingerprint density at radius 2 is 1.85 bits per heavy atom. The molecule has 0 bridgehead atoms. The molecular weight excluding hydrogens is 324 g/mol. The summed E-state index contributed by atoms with van der Waals surface area (Å²) < 4.78 is 0. The third kappa shape index (κ3) is 2.93. The molecule has 0 saturated carbocycles. The number of carbonyl (C=O) groups excluding carboxylic acids is 1. The van der Waals surface area contributed by atoms with Crippen LogP contribution in [0.2, 0.25) is 0 Å². The van der Waals surface area contributed by atoms with Gasteiger partial charge in [-0.15, -0.1) is 0 Å². The van der Waals surface area contributed by atoms with Crippen LogP contribution in [-0.4, -0.2) is 29.0 Å². The van der Waals surface area contributed by atoms with E-state index in [2.05, 4.69) is 16.4 Å². The van der Waals surface area contributed by atoms with E-state index in [4.69, 9.17) is 10.7 Å². The Labute approximate surface area is 151 Å². The molecule has 0 radical (unpaired) electrons. The summed E-state index contributed by atoms with van der Waals surface area (Å²) in [5.41, 5.74) is 9.78. The van der Waals surface area contributed by atoms with E-state index in [1.807, 2.05) is 54.7 Å². The molecule has 5 nitrogen and oxygen atoms in total. The van der Waals surface area contributed by atoms with Gasteiger partial charge in [0.2, 0.25) is 0 Å². The fourth-order valence-corrected chi connectivity index (χ4v) is 3.18. The van der Waals surface area contributed by atoms with Crippen LogP contribution < -0.4 is 11.1 Å². The van der Waals surface area contributed by atoms with Crippen molar-refractivity contribution in [2.75, 3.05) is 13.1 Å². The van der Waals surface area contributed by atoms with Crippen LogP contribution in [-0.2, 0) is 0 Å². The highest BCUT2D eigenvalue weighted by Crippen LogP contribution is 2.30. The number of fused-ring (bicyclic) bond motifs is 2. The number of pyridine rings is 1. The first-order valence-corrected chi connectivity index (χ1v) is 8.72. The monoisotopic (exact) mass is 344 g/mol. The van der Waals surface area contributed by atoms with Gasteiger partial charge in [-0.3, -0.25) is 4.79 Å². The van der Waals surface area contributed by atoms with E-state index in [0.29, 0.717) is 18.7 Å². The van der Waals surface area contributed by atoms with E-state index >= 15 is 0 Å². The minimum absolute atomic E-state index is 0.0989. The van der Waals surface area contributed by atoms with Gasteiger partial charge in [0, 0.05) is 34.6 Å². The van der Waals surface area contributed by atoms with Crippen LogP contribution in [0.25, 0.3) is 33.1 Å². The molecule has 1 amide bonds. The topological polar surface area (TPSA) is 83.8 Å². The lowest BCUT2D eigenvalue weighted by atomic mass is 10.0. The average Bonchev–Trinajstić information content (AvgIpc) is 3.11. The molecule has 0 aliphatic rings. The van der Waals surface area contributed by atoms with Crippen LogP contribution in [0.15, 0.2) is 60.8 Å². The van der Waals surface area contributed by atoms with Gasteiger partial charge in [0.15, 0.2) is 0 Å². The number of H-pyrrole nitrogens is 1. The van der Waals surface area contributed by atoms with E-state index in [1.54, 1.807) is 0 Å². The molecule has 0 unspecified atom stereocenters. The molecule has 0 spiro atoms. The number of nitrogens with zero attached hydrogens (tertiary/aromatic N) is 1. The molecule has 0 aliphatic carbocycles. The first kappa shape index (κ1) is 16.3. The predicted molar refractivity (Wildman–Crippen MR) is 105 cm³/mol. The van der Waals surface area contributed by atoms with Gasteiger partial charge in [0.1, 0.15) is 0 Å². The van der Waals surface area contributed by atoms with Crippen LogP contribution in [0.1, 0.15) is 16.8 Å². The van der Waals surface area contributed by atoms with E-state index in [-0.39, 0.29) is 5.91 Å². The van der Waals surface area contributed by atoms with Crippen LogP contribution >= 0.6 is 0 Å². The Bertz CT molecular complexity index is 1080. The van der Waals surface area contributed by atoms with Gasteiger partial charge < -0.3 is 16.0 Å². The summed E-state index contributed by atoms with van der Waals surface area (Å²) in [5.74, 6) is -0.0989. The molecular formula is C21H20N4O. The maximum atomic E-state index is 12.7. The number of para-hydroxylation sites is 2. The number of aromatic amines is 1. The maximum Gasteiger partial charge on any atom is 0.252 e. The van der Waals surface area contributed by atoms with E-state index in [0.717, 1.165) is 39.5 Å². The zero-order valence-electron chi connectivity index (χ0n) is 14.3. The lowest BCUT2D eigenvalue weighted by Gasteiger charge is -2.10. The Morgan fingerprint density at radius 3 is 2.69 bits per heavy atom. The van der Waals surface area contributed by atoms with Gasteiger partial charge in [-0.2, -0.15) is 0 Å². The molecule has 4 aromatic rings. The zero-order valence-corrected chi connectivity index (χ0v) is 14.3. The van der Waals surface area contributed by atoms with E-state index in [9.17, 15) is 4.79 Å². The molecule has 4 rings (SSSR count). The molecule has 0 fully saturated rings. The minimum atomic E-state index is -0.0989. The fraction of sp³-hybridized carbons (Fsp3) is 0.143. The number of benzene rings is 2. The summed E-state index contributed by atoms with van der Waals surface area (Å²) >= 11 is 0. The SMILES string of the molecule is NCCCNC(=O)c1cc(-c2c[nH]c3ccccc23)nc2ccccc12. The highest BCUT2D eigenvalue weighted by atomic mass is 16.1. The highest BCUT2D eigenvalue weighted by molar-refractivity contribution is 6.08. The predicted octanol–water partition coefficient (Wildman–Crippen LogP) is 3.46. The second-order valence-corrected chi connectivity index (χ2v) is 6.22. The number of hydrogen-bond donors (Lipinski definition) is 3. The first-order chi connectivity index (χ1) is 12.8. The van der Waals surface area contributed by atoms with Gasteiger partial charge in [-0.05, 0) is 31.2 Å². The van der Waals surface area contributed by atoms with Crippen molar-refractivity contribution >= 4 is 27.7 Å². The zero-order chi connectivity index (χ0) is 17.9. The van der Waals surface area contributed by atoms with Crippen LogP contribution in [0, 0.1) is 0 Å². The van der Waals surface area contributed by atoms with Gasteiger partial charge >= 0.3 is 0 Å². The summed E-state index contributed by atoms with van der Waals surface area (Å²) in [4.78, 5) is 20.8. The van der Waals surface area contributed by atoms with Crippen molar-refractivity contribution in [1.82, 2.24) is 15.3 Å². The Hall–Kier alpha value is -3.18. The summed E-state index contributed by atoms with van der Waals surface area (Å²) in [6, 6.07) is 17.7. The summed E-state index contributed by atoms with van der Waals surface area (Å²) in [6.45, 7) is 1.12. The molecule has 0 saturated heterocycles. The number of aromatic nitrogens is 2. The number of carbonyl (C=O) groups is 1. The summed E-state index contributed by atoms with van der Waals surface area (Å²) in [7, 11) is 0. The van der Waals surface area contributed by atoms with E-state index in [1.165, 1.54) is 0 Å². The molecule has 2 heterocycles. The van der Waals surface area contributed by atoms with Crippen LogP contribution in [0.5, 0.6) is 0 Å². The molecule has 26 heavy (non-hydrogen) atoms. The molecule has 2 aromatic heterocycles. The molecule has 5 heteroatoms. The van der Waals surface area contributed by atoms with Gasteiger partial charge in [-0.25, -0.2) is 4.98 Å². The Balaban J connectivity index is 1.85. The van der Waals surface area contributed by atoms with Crippen molar-refractivity contribution < 1.29 is 4.79 Å². The van der Waals surface area contributed by atoms with Crippen molar-refractivity contribution in [1.29, 1.82) is 0 Å². The second kappa shape index (κ2) is 6.98. The van der Waals surface area contributed by atoms with Gasteiger partial charge in [0.05, 0.1) is 16.8 Å². The third-order valence-corrected chi connectivity index (χ3v) is 4.49. The smallest absolute Gasteiger partial charge is 0.252 e. The van der Waals surface area contributed by atoms with Crippen molar-refractivity contribution in [3.63, 3.8) is 0 Å². The Kier molecular flexibility index (Phi) is 4.37. The minimum Gasteiger partial charge on any atom is -0.360 e. The highest BCUT2D eigenvalue weighted by Gasteiger charge is 2.15. The molecule has 130 valence electrons. The summed E-state index contributed by atoms with van der Waals surface area (Å²) in [6.07, 6.45) is 2.70. The third-order valence-electron chi connectivity index (χ3n) is 4.49. The number of nitrogens with two attached hydrogens (primary N) is 1. The number of hydrogen-bond acceptors (Lipinski definition) is 3. The lowest BCUT2D eigenvalue weighted by Crippen LogP contribution is -2.26.